The number of likely N-dealkylation sites (tertiary alicyclic amines) is 1. The van der Waals surface area contributed by atoms with Crippen LogP contribution in [0.25, 0.3) is 0 Å². The first-order valence-electron chi connectivity index (χ1n) is 9.19. The van der Waals surface area contributed by atoms with Gasteiger partial charge in [-0.25, -0.2) is 0 Å². The van der Waals surface area contributed by atoms with Crippen molar-refractivity contribution < 1.29 is 9.53 Å². The fourth-order valence-electron chi connectivity index (χ4n) is 7.65. The van der Waals surface area contributed by atoms with Crippen molar-refractivity contribution >= 4 is 5.91 Å². The highest BCUT2D eigenvalue weighted by Crippen LogP contribution is 2.60. The highest BCUT2D eigenvalue weighted by atomic mass is 16.5. The lowest BCUT2D eigenvalue weighted by atomic mass is 9.52. The van der Waals surface area contributed by atoms with Crippen LogP contribution in [-0.4, -0.2) is 35.1 Å². The lowest BCUT2D eigenvalue weighted by Gasteiger charge is -2.60. The molecule has 7 aliphatic rings. The van der Waals surface area contributed by atoms with Gasteiger partial charge in [-0.2, -0.15) is 0 Å². The van der Waals surface area contributed by atoms with E-state index in [2.05, 4.69) is 4.90 Å². The molecule has 4 unspecified atom stereocenters. The lowest BCUT2D eigenvalue weighted by molar-refractivity contribution is -0.150. The third-order valence-corrected chi connectivity index (χ3v) is 7.95. The predicted octanol–water partition coefficient (Wildman–Crippen LogP) is 2.59. The Morgan fingerprint density at radius 2 is 1.57 bits per heavy atom. The molecule has 1 amide bonds. The zero-order valence-electron chi connectivity index (χ0n) is 12.7. The normalized spacial score (nSPS) is 60.1. The van der Waals surface area contributed by atoms with Crippen molar-refractivity contribution in [3.8, 4) is 0 Å². The lowest BCUT2D eigenvalue weighted by Crippen LogP contribution is -2.61. The van der Waals surface area contributed by atoms with E-state index in [1.54, 1.807) is 0 Å². The van der Waals surface area contributed by atoms with E-state index in [0.717, 1.165) is 30.7 Å². The second-order valence-electron chi connectivity index (χ2n) is 9.07. The van der Waals surface area contributed by atoms with Gasteiger partial charge in [0.25, 0.3) is 0 Å². The summed E-state index contributed by atoms with van der Waals surface area (Å²) in [4.78, 5) is 15.5. The molecule has 6 bridgehead atoms. The Morgan fingerprint density at radius 1 is 0.952 bits per heavy atom. The van der Waals surface area contributed by atoms with E-state index in [9.17, 15) is 4.79 Å². The van der Waals surface area contributed by atoms with Gasteiger partial charge < -0.3 is 9.64 Å². The summed E-state index contributed by atoms with van der Waals surface area (Å²) < 4.78 is 6.03. The summed E-state index contributed by atoms with van der Waals surface area (Å²) in [6.07, 6.45) is 11.4. The van der Waals surface area contributed by atoms with Crippen LogP contribution in [0.3, 0.4) is 0 Å². The number of fused-ring (bicyclic) bond motifs is 5. The topological polar surface area (TPSA) is 29.5 Å². The Bertz CT molecular complexity index is 480. The maximum atomic E-state index is 13.1. The zero-order valence-corrected chi connectivity index (χ0v) is 12.7. The Morgan fingerprint density at radius 3 is 2.19 bits per heavy atom. The number of amides is 1. The number of rotatable bonds is 1. The molecular weight excluding hydrogens is 262 g/mol. The van der Waals surface area contributed by atoms with Crippen LogP contribution in [0.4, 0.5) is 0 Å². The molecule has 3 nitrogen and oxygen atoms in total. The van der Waals surface area contributed by atoms with Crippen LogP contribution in [0.5, 0.6) is 0 Å². The Hall–Kier alpha value is -0.570. The summed E-state index contributed by atoms with van der Waals surface area (Å²) in [7, 11) is 0. The number of nitrogens with zero attached hydrogens (tertiary/aromatic N) is 1. The largest absolute Gasteiger partial charge is 0.374 e. The minimum absolute atomic E-state index is 0.233. The van der Waals surface area contributed by atoms with E-state index >= 15 is 0 Å². The second-order valence-corrected chi connectivity index (χ2v) is 9.07. The van der Waals surface area contributed by atoms with Crippen molar-refractivity contribution in [3.63, 3.8) is 0 Å². The minimum Gasteiger partial charge on any atom is -0.374 e. The average molecular weight is 287 g/mol. The van der Waals surface area contributed by atoms with Crippen LogP contribution in [0.1, 0.15) is 51.4 Å². The van der Waals surface area contributed by atoms with Crippen LogP contribution in [0, 0.1) is 29.6 Å². The van der Waals surface area contributed by atoms with E-state index in [0.29, 0.717) is 17.9 Å². The van der Waals surface area contributed by atoms with E-state index in [1.165, 1.54) is 44.9 Å². The fraction of sp³-hybridized carbons (Fsp3) is 0.944. The molecule has 4 atom stereocenters. The average Bonchev–Trinajstić information content (AvgIpc) is 3.10. The van der Waals surface area contributed by atoms with E-state index < -0.39 is 0 Å². The monoisotopic (exact) mass is 287 g/mol. The van der Waals surface area contributed by atoms with E-state index in [1.807, 2.05) is 0 Å². The Labute approximate surface area is 126 Å². The summed E-state index contributed by atoms with van der Waals surface area (Å²) in [5, 5.41) is 0. The quantitative estimate of drug-likeness (QED) is 0.742. The van der Waals surface area contributed by atoms with Crippen molar-refractivity contribution in [2.45, 2.75) is 69.1 Å². The van der Waals surface area contributed by atoms with Crippen LogP contribution in [-0.2, 0) is 9.53 Å². The van der Waals surface area contributed by atoms with Crippen LogP contribution >= 0.6 is 0 Å². The molecular formula is C18H25NO2. The molecule has 0 aromatic rings. The van der Waals surface area contributed by atoms with Crippen molar-refractivity contribution in [2.75, 3.05) is 6.54 Å². The molecule has 0 N–H and O–H groups in total. The van der Waals surface area contributed by atoms with Gasteiger partial charge in [0, 0.05) is 18.0 Å². The SMILES string of the molecule is O=C1C2C3CCC(O3)C2CN1C12CC3CC(CC(C3)C1)C2. The molecule has 0 aromatic carbocycles. The number of hydrogen-bond donors (Lipinski definition) is 0. The van der Waals surface area contributed by atoms with E-state index in [4.69, 9.17) is 4.74 Å². The van der Waals surface area contributed by atoms with Crippen molar-refractivity contribution in [2.24, 2.45) is 29.6 Å². The van der Waals surface area contributed by atoms with Gasteiger partial charge in [-0.15, -0.1) is 0 Å². The predicted molar refractivity (Wildman–Crippen MR) is 77.5 cm³/mol. The fourth-order valence-corrected chi connectivity index (χ4v) is 7.65. The third kappa shape index (κ3) is 1.38. The third-order valence-electron chi connectivity index (χ3n) is 7.95. The molecule has 3 heterocycles. The molecule has 3 aliphatic heterocycles. The van der Waals surface area contributed by atoms with Gasteiger partial charge in [0.15, 0.2) is 0 Å². The molecule has 0 radical (unpaired) electrons. The number of ether oxygens (including phenoxy) is 1. The minimum atomic E-state index is 0.233. The smallest absolute Gasteiger partial charge is 0.229 e. The summed E-state index contributed by atoms with van der Waals surface area (Å²) in [5.74, 6) is 4.03. The molecule has 0 spiro atoms. The first-order valence-corrected chi connectivity index (χ1v) is 9.19. The molecule has 4 aliphatic carbocycles. The maximum Gasteiger partial charge on any atom is 0.229 e. The molecule has 3 heteroatoms. The second kappa shape index (κ2) is 3.67. The van der Waals surface area contributed by atoms with E-state index in [-0.39, 0.29) is 17.6 Å². The number of hydrogen-bond acceptors (Lipinski definition) is 2. The summed E-state index contributed by atoms with van der Waals surface area (Å²) in [6, 6.07) is 0. The molecule has 0 aromatic heterocycles. The Kier molecular flexibility index (Phi) is 2.08. The van der Waals surface area contributed by atoms with Gasteiger partial charge >= 0.3 is 0 Å². The summed E-state index contributed by atoms with van der Waals surface area (Å²) >= 11 is 0. The van der Waals surface area contributed by atoms with Gasteiger partial charge in [-0.05, 0) is 69.1 Å². The number of carbonyl (C=O) groups excluding carboxylic acids is 1. The highest BCUT2D eigenvalue weighted by molar-refractivity contribution is 5.83. The first kappa shape index (κ1) is 11.9. The molecule has 3 saturated heterocycles. The van der Waals surface area contributed by atoms with Gasteiger partial charge in [0.05, 0.1) is 18.1 Å². The van der Waals surface area contributed by atoms with Crippen LogP contribution < -0.4 is 0 Å². The maximum absolute atomic E-state index is 13.1. The molecule has 4 saturated carbocycles. The Balaban J connectivity index is 1.36. The number of carbonyl (C=O) groups is 1. The van der Waals surface area contributed by atoms with Gasteiger partial charge in [0.2, 0.25) is 5.91 Å². The van der Waals surface area contributed by atoms with Crippen molar-refractivity contribution in [3.05, 3.63) is 0 Å². The molecule has 7 rings (SSSR count). The first-order chi connectivity index (χ1) is 10.2. The van der Waals surface area contributed by atoms with Gasteiger partial charge in [0.1, 0.15) is 0 Å². The van der Waals surface area contributed by atoms with Gasteiger partial charge in [-0.3, -0.25) is 4.79 Å². The standard InChI is InChI=1S/C18H25NO2/c20-17-16-13(14-1-2-15(16)21-14)9-19(17)18-6-10-3-11(7-18)5-12(4-10)8-18/h10-16H,1-9H2. The molecule has 7 fully saturated rings. The molecule has 21 heavy (non-hydrogen) atoms. The van der Waals surface area contributed by atoms with Gasteiger partial charge in [-0.1, -0.05) is 0 Å². The van der Waals surface area contributed by atoms with Crippen molar-refractivity contribution in [1.29, 1.82) is 0 Å². The van der Waals surface area contributed by atoms with Crippen LogP contribution in [0.15, 0.2) is 0 Å². The zero-order chi connectivity index (χ0) is 13.8. The van der Waals surface area contributed by atoms with Crippen LogP contribution in [0.2, 0.25) is 0 Å². The summed E-state index contributed by atoms with van der Waals surface area (Å²) in [6.45, 7) is 1.02. The summed E-state index contributed by atoms with van der Waals surface area (Å²) in [5.41, 5.74) is 0.273. The highest BCUT2D eigenvalue weighted by Gasteiger charge is 2.63. The van der Waals surface area contributed by atoms with Crippen molar-refractivity contribution in [1.82, 2.24) is 4.90 Å². The molecule has 114 valence electrons.